The van der Waals surface area contributed by atoms with Crippen molar-refractivity contribution in [2.24, 2.45) is 5.73 Å². The third-order valence-corrected chi connectivity index (χ3v) is 1.77. The average Bonchev–Trinajstić information content (AvgIpc) is 2.03. The minimum atomic E-state index is 0.167. The third kappa shape index (κ3) is 2.58. The van der Waals surface area contributed by atoms with Crippen LogP contribution < -0.4 is 11.1 Å². The van der Waals surface area contributed by atoms with E-state index >= 15 is 0 Å². The molecule has 0 aliphatic rings. The second kappa shape index (κ2) is 4.08. The summed E-state index contributed by atoms with van der Waals surface area (Å²) in [6.07, 6.45) is 0. The van der Waals surface area contributed by atoms with Gasteiger partial charge in [0.1, 0.15) is 6.07 Å². The number of nitrogens with zero attached hydrogens (tertiary/aromatic N) is 1. The zero-order valence-corrected chi connectivity index (χ0v) is 8.12. The molecule has 3 nitrogen and oxygen atoms in total. The van der Waals surface area contributed by atoms with Crippen molar-refractivity contribution >= 4 is 34.6 Å². The Morgan fingerprint density at radius 3 is 2.77 bits per heavy atom. The minimum absolute atomic E-state index is 0.167. The van der Waals surface area contributed by atoms with Crippen molar-refractivity contribution in [2.45, 2.75) is 0 Å². The normalized spacial score (nSPS) is 8.92. The van der Waals surface area contributed by atoms with Gasteiger partial charge in [0.2, 0.25) is 0 Å². The predicted octanol–water partition coefficient (Wildman–Crippen LogP) is 1.87. The lowest BCUT2D eigenvalue weighted by Crippen LogP contribution is -2.18. The van der Waals surface area contributed by atoms with Crippen LogP contribution in [0.4, 0.5) is 5.69 Å². The number of anilines is 1. The maximum Gasteiger partial charge on any atom is 0.168 e. The highest BCUT2D eigenvalue weighted by molar-refractivity contribution is 7.80. The van der Waals surface area contributed by atoms with Gasteiger partial charge in [0, 0.05) is 5.69 Å². The summed E-state index contributed by atoms with van der Waals surface area (Å²) in [6.45, 7) is 0. The van der Waals surface area contributed by atoms with Crippen LogP contribution in [0.5, 0.6) is 0 Å². The van der Waals surface area contributed by atoms with Crippen molar-refractivity contribution in [3.8, 4) is 6.07 Å². The van der Waals surface area contributed by atoms with Crippen LogP contribution >= 0.6 is 23.8 Å². The molecule has 66 valence electrons. The van der Waals surface area contributed by atoms with Gasteiger partial charge in [0.25, 0.3) is 0 Å². The number of nitrogens with one attached hydrogen (secondary N) is 1. The van der Waals surface area contributed by atoms with E-state index in [1.54, 1.807) is 18.2 Å². The summed E-state index contributed by atoms with van der Waals surface area (Å²) >= 11 is 10.4. The van der Waals surface area contributed by atoms with Crippen molar-refractivity contribution in [3.63, 3.8) is 0 Å². The summed E-state index contributed by atoms with van der Waals surface area (Å²) in [5.74, 6) is 0. The Kier molecular flexibility index (Phi) is 3.07. The Balaban J connectivity index is 2.97. The molecule has 0 saturated heterocycles. The fourth-order valence-corrected chi connectivity index (χ4v) is 1.17. The summed E-state index contributed by atoms with van der Waals surface area (Å²) < 4.78 is 0. The zero-order chi connectivity index (χ0) is 9.84. The highest BCUT2D eigenvalue weighted by atomic mass is 35.5. The second-order valence-electron chi connectivity index (χ2n) is 2.30. The van der Waals surface area contributed by atoms with Gasteiger partial charge in [-0.05, 0) is 30.4 Å². The first kappa shape index (κ1) is 9.78. The average molecular weight is 212 g/mol. The standard InChI is InChI=1S/C8H6ClN3S/c9-7-3-6(12-8(11)13)2-1-5(7)4-10/h1-3H,(H3,11,12,13). The number of rotatable bonds is 1. The number of halogens is 1. The maximum atomic E-state index is 8.59. The molecule has 0 aromatic heterocycles. The van der Waals surface area contributed by atoms with E-state index in [-0.39, 0.29) is 5.11 Å². The van der Waals surface area contributed by atoms with Crippen LogP contribution in [0.25, 0.3) is 0 Å². The summed E-state index contributed by atoms with van der Waals surface area (Å²) in [7, 11) is 0. The van der Waals surface area contributed by atoms with E-state index in [0.717, 1.165) is 0 Å². The molecule has 0 amide bonds. The lowest BCUT2D eigenvalue weighted by Gasteiger charge is -2.03. The monoisotopic (exact) mass is 211 g/mol. The molecule has 0 fully saturated rings. The van der Waals surface area contributed by atoms with Gasteiger partial charge < -0.3 is 11.1 Å². The van der Waals surface area contributed by atoms with E-state index in [0.29, 0.717) is 16.3 Å². The topological polar surface area (TPSA) is 61.8 Å². The quantitative estimate of drug-likeness (QED) is 0.697. The summed E-state index contributed by atoms with van der Waals surface area (Å²) in [5.41, 5.74) is 6.36. The van der Waals surface area contributed by atoms with Gasteiger partial charge in [-0.15, -0.1) is 0 Å². The van der Waals surface area contributed by atoms with Crippen LogP contribution in [-0.4, -0.2) is 5.11 Å². The molecule has 1 rings (SSSR count). The molecule has 0 atom stereocenters. The van der Waals surface area contributed by atoms with E-state index in [1.807, 2.05) is 6.07 Å². The van der Waals surface area contributed by atoms with E-state index < -0.39 is 0 Å². The molecule has 13 heavy (non-hydrogen) atoms. The van der Waals surface area contributed by atoms with Gasteiger partial charge >= 0.3 is 0 Å². The van der Waals surface area contributed by atoms with Gasteiger partial charge in [-0.3, -0.25) is 0 Å². The highest BCUT2D eigenvalue weighted by Crippen LogP contribution is 2.19. The van der Waals surface area contributed by atoms with Crippen molar-refractivity contribution in [3.05, 3.63) is 28.8 Å². The third-order valence-electron chi connectivity index (χ3n) is 1.36. The molecule has 0 saturated carbocycles. The first-order chi connectivity index (χ1) is 6.13. The number of nitrogens with two attached hydrogens (primary N) is 1. The van der Waals surface area contributed by atoms with Crippen LogP contribution in [-0.2, 0) is 0 Å². The van der Waals surface area contributed by atoms with E-state index in [1.165, 1.54) is 0 Å². The molecular formula is C8H6ClN3S. The lowest BCUT2D eigenvalue weighted by atomic mass is 10.2. The molecule has 0 aliphatic carbocycles. The first-order valence-electron chi connectivity index (χ1n) is 3.39. The van der Waals surface area contributed by atoms with Crippen LogP contribution in [0.3, 0.4) is 0 Å². The van der Waals surface area contributed by atoms with Gasteiger partial charge in [0.05, 0.1) is 10.6 Å². The largest absolute Gasteiger partial charge is 0.376 e. The molecule has 5 heteroatoms. The predicted molar refractivity (Wildman–Crippen MR) is 56.6 cm³/mol. The number of hydrogen-bond acceptors (Lipinski definition) is 2. The molecule has 0 unspecified atom stereocenters. The number of hydrogen-bond donors (Lipinski definition) is 2. The number of benzene rings is 1. The van der Waals surface area contributed by atoms with Crippen molar-refractivity contribution in [1.29, 1.82) is 5.26 Å². The first-order valence-corrected chi connectivity index (χ1v) is 4.18. The molecule has 3 N–H and O–H groups in total. The van der Waals surface area contributed by atoms with Gasteiger partial charge in [0.15, 0.2) is 5.11 Å². The fourth-order valence-electron chi connectivity index (χ4n) is 0.826. The van der Waals surface area contributed by atoms with Gasteiger partial charge in [-0.1, -0.05) is 11.6 Å². The molecule has 0 bridgehead atoms. The maximum absolute atomic E-state index is 8.59. The van der Waals surface area contributed by atoms with E-state index in [4.69, 9.17) is 22.6 Å². The summed E-state index contributed by atoms with van der Waals surface area (Å²) in [6, 6.07) is 6.83. The van der Waals surface area contributed by atoms with Crippen LogP contribution in [0.15, 0.2) is 18.2 Å². The molecule has 0 spiro atoms. The molecular weight excluding hydrogens is 206 g/mol. The summed E-state index contributed by atoms with van der Waals surface area (Å²) in [4.78, 5) is 0. The number of thiocarbonyl (C=S) groups is 1. The minimum Gasteiger partial charge on any atom is -0.376 e. The Hall–Kier alpha value is -1.31. The molecule has 0 heterocycles. The Bertz CT molecular complexity index is 383. The van der Waals surface area contributed by atoms with Crippen LogP contribution in [0, 0.1) is 11.3 Å². The van der Waals surface area contributed by atoms with Gasteiger partial charge in [-0.2, -0.15) is 5.26 Å². The van der Waals surface area contributed by atoms with Gasteiger partial charge in [-0.25, -0.2) is 0 Å². The second-order valence-corrected chi connectivity index (χ2v) is 3.14. The lowest BCUT2D eigenvalue weighted by molar-refractivity contribution is 1.48. The summed E-state index contributed by atoms with van der Waals surface area (Å²) in [5, 5.41) is 11.8. The Labute approximate surface area is 86.1 Å². The van der Waals surface area contributed by atoms with Crippen LogP contribution in [0.2, 0.25) is 5.02 Å². The van der Waals surface area contributed by atoms with Crippen molar-refractivity contribution in [1.82, 2.24) is 0 Å². The van der Waals surface area contributed by atoms with Crippen molar-refractivity contribution in [2.75, 3.05) is 5.32 Å². The molecule has 0 radical (unpaired) electrons. The Morgan fingerprint density at radius 2 is 2.31 bits per heavy atom. The van der Waals surface area contributed by atoms with E-state index in [2.05, 4.69) is 17.5 Å². The highest BCUT2D eigenvalue weighted by Gasteiger charge is 2.00. The fraction of sp³-hybridized carbons (Fsp3) is 0. The van der Waals surface area contributed by atoms with E-state index in [9.17, 15) is 0 Å². The SMILES string of the molecule is N#Cc1ccc(NC(N)=S)cc1Cl. The number of nitriles is 1. The molecule has 0 aliphatic heterocycles. The zero-order valence-electron chi connectivity index (χ0n) is 6.54. The van der Waals surface area contributed by atoms with Crippen LogP contribution in [0.1, 0.15) is 5.56 Å². The molecule has 1 aromatic carbocycles. The Morgan fingerprint density at radius 1 is 1.62 bits per heavy atom. The molecule has 1 aromatic rings. The smallest absolute Gasteiger partial charge is 0.168 e. The van der Waals surface area contributed by atoms with Crippen molar-refractivity contribution < 1.29 is 0 Å².